The number of rotatable bonds is 3. The Bertz CT molecular complexity index is 530. The molecule has 142 valence electrons. The zero-order valence-electron chi connectivity index (χ0n) is 15.4. The fourth-order valence-electron chi connectivity index (χ4n) is 6.66. The van der Waals surface area contributed by atoms with Gasteiger partial charge in [0.15, 0.2) is 0 Å². The van der Waals surface area contributed by atoms with E-state index in [1.807, 2.05) is 0 Å². The first-order chi connectivity index (χ1) is 11.9. The minimum absolute atomic E-state index is 0.0194. The van der Waals surface area contributed by atoms with Gasteiger partial charge in [0.05, 0.1) is 24.7 Å². The second-order valence-electron chi connectivity index (χ2n) is 9.35. The third-order valence-corrected chi connectivity index (χ3v) is 8.25. The highest BCUT2D eigenvalue weighted by Gasteiger charge is 2.67. The number of carbonyl (C=O) groups is 1. The molecule has 2 heterocycles. The Morgan fingerprint density at radius 2 is 2.00 bits per heavy atom. The number of cyclic esters (lactones) is 1. The van der Waals surface area contributed by atoms with Gasteiger partial charge in [0.1, 0.15) is 0 Å². The van der Waals surface area contributed by atoms with Gasteiger partial charge < -0.3 is 19.7 Å². The molecule has 0 unspecified atom stereocenters. The van der Waals surface area contributed by atoms with Crippen LogP contribution in [0.3, 0.4) is 0 Å². The molecule has 0 aromatic rings. The monoisotopic (exact) mass is 352 g/mol. The van der Waals surface area contributed by atoms with Crippen molar-refractivity contribution >= 4 is 5.97 Å². The number of esters is 1. The van der Waals surface area contributed by atoms with Gasteiger partial charge in [0.25, 0.3) is 0 Å². The topological polar surface area (TPSA) is 76.0 Å². The molecular formula is C20H32O5. The van der Waals surface area contributed by atoms with Crippen molar-refractivity contribution in [2.24, 2.45) is 34.5 Å². The van der Waals surface area contributed by atoms with Crippen molar-refractivity contribution in [3.63, 3.8) is 0 Å². The van der Waals surface area contributed by atoms with Gasteiger partial charge in [0.2, 0.25) is 0 Å². The standard InChI is InChI=1S/C20H32O5/c1-12-16(22)9-20-11-25-18(23)14(20)3-4-15(21)17(20)19(12,2)7-5-13-6-8-24-10-13/h12-17,21-22H,3-11H2,1-2H3/t12-,13+,14+,15+,16-,17-,19+,20-/m1/s1. The second kappa shape index (κ2) is 6.21. The van der Waals surface area contributed by atoms with Gasteiger partial charge in [0, 0.05) is 24.5 Å². The van der Waals surface area contributed by atoms with Crippen molar-refractivity contribution < 1.29 is 24.5 Å². The van der Waals surface area contributed by atoms with Crippen LogP contribution in [0.15, 0.2) is 0 Å². The van der Waals surface area contributed by atoms with E-state index in [0.29, 0.717) is 31.8 Å². The van der Waals surface area contributed by atoms with Crippen LogP contribution in [0.25, 0.3) is 0 Å². The fraction of sp³-hybridized carbons (Fsp3) is 0.950. The van der Waals surface area contributed by atoms with Gasteiger partial charge in [-0.25, -0.2) is 0 Å². The molecule has 0 amide bonds. The maximum absolute atomic E-state index is 12.3. The molecule has 0 bridgehead atoms. The molecule has 5 heteroatoms. The lowest BCUT2D eigenvalue weighted by Gasteiger charge is -2.61. The van der Waals surface area contributed by atoms with Gasteiger partial charge in [-0.05, 0) is 55.8 Å². The average molecular weight is 352 g/mol. The first-order valence-corrected chi connectivity index (χ1v) is 9.99. The Labute approximate surface area is 150 Å². The summed E-state index contributed by atoms with van der Waals surface area (Å²) in [5, 5.41) is 21.9. The van der Waals surface area contributed by atoms with Crippen molar-refractivity contribution in [3.8, 4) is 0 Å². The molecule has 25 heavy (non-hydrogen) atoms. The fourth-order valence-corrected chi connectivity index (χ4v) is 6.66. The van der Waals surface area contributed by atoms with Crippen molar-refractivity contribution in [3.05, 3.63) is 0 Å². The highest BCUT2D eigenvalue weighted by Crippen LogP contribution is 2.65. The van der Waals surface area contributed by atoms with E-state index in [-0.39, 0.29) is 34.6 Å². The lowest BCUT2D eigenvalue weighted by Crippen LogP contribution is -2.63. The molecule has 4 fully saturated rings. The van der Waals surface area contributed by atoms with E-state index in [9.17, 15) is 15.0 Å². The molecule has 2 aliphatic carbocycles. The van der Waals surface area contributed by atoms with Crippen LogP contribution in [0, 0.1) is 34.5 Å². The summed E-state index contributed by atoms with van der Waals surface area (Å²) in [4.78, 5) is 12.3. The molecular weight excluding hydrogens is 320 g/mol. The van der Waals surface area contributed by atoms with Crippen LogP contribution in [0.2, 0.25) is 0 Å². The summed E-state index contributed by atoms with van der Waals surface area (Å²) < 4.78 is 11.0. The quantitative estimate of drug-likeness (QED) is 0.761. The molecule has 2 N–H and O–H groups in total. The van der Waals surface area contributed by atoms with Crippen molar-refractivity contribution in [2.45, 2.75) is 64.6 Å². The van der Waals surface area contributed by atoms with E-state index >= 15 is 0 Å². The van der Waals surface area contributed by atoms with Gasteiger partial charge >= 0.3 is 5.97 Å². The van der Waals surface area contributed by atoms with E-state index in [0.717, 1.165) is 32.5 Å². The van der Waals surface area contributed by atoms with Crippen LogP contribution in [-0.2, 0) is 14.3 Å². The van der Waals surface area contributed by atoms with E-state index < -0.39 is 12.2 Å². The second-order valence-corrected chi connectivity index (χ2v) is 9.35. The lowest BCUT2D eigenvalue weighted by atomic mass is 9.43. The summed E-state index contributed by atoms with van der Waals surface area (Å²) in [6.45, 7) is 6.40. The number of aliphatic hydroxyl groups is 2. The Balaban J connectivity index is 1.66. The lowest BCUT2D eigenvalue weighted by molar-refractivity contribution is -0.198. The molecule has 5 nitrogen and oxygen atoms in total. The summed E-state index contributed by atoms with van der Waals surface area (Å²) in [5.74, 6) is 0.430. The molecule has 8 atom stereocenters. The predicted molar refractivity (Wildman–Crippen MR) is 91.7 cm³/mol. The van der Waals surface area contributed by atoms with E-state index in [2.05, 4.69) is 13.8 Å². The van der Waals surface area contributed by atoms with Gasteiger partial charge in [-0.1, -0.05) is 13.8 Å². The third-order valence-electron chi connectivity index (χ3n) is 8.25. The molecule has 2 saturated carbocycles. The summed E-state index contributed by atoms with van der Waals surface area (Å²) in [6.07, 6.45) is 4.20. The zero-order valence-corrected chi connectivity index (χ0v) is 15.4. The summed E-state index contributed by atoms with van der Waals surface area (Å²) in [5.41, 5.74) is -0.575. The molecule has 0 aromatic carbocycles. The minimum atomic E-state index is -0.441. The van der Waals surface area contributed by atoms with Crippen molar-refractivity contribution in [1.29, 1.82) is 0 Å². The predicted octanol–water partition coefficient (Wildman–Crippen LogP) is 2.14. The Morgan fingerprint density at radius 3 is 2.72 bits per heavy atom. The van der Waals surface area contributed by atoms with E-state index in [1.165, 1.54) is 0 Å². The van der Waals surface area contributed by atoms with Crippen molar-refractivity contribution in [1.82, 2.24) is 0 Å². The molecule has 2 aliphatic heterocycles. The molecule has 4 aliphatic rings. The summed E-state index contributed by atoms with van der Waals surface area (Å²) in [6, 6.07) is 0. The first-order valence-electron chi connectivity index (χ1n) is 9.99. The highest BCUT2D eigenvalue weighted by molar-refractivity contribution is 5.76. The van der Waals surface area contributed by atoms with Crippen molar-refractivity contribution in [2.75, 3.05) is 19.8 Å². The molecule has 1 spiro atoms. The Morgan fingerprint density at radius 1 is 1.20 bits per heavy atom. The van der Waals surface area contributed by atoms with Crippen LogP contribution in [-0.4, -0.2) is 48.2 Å². The maximum atomic E-state index is 12.3. The maximum Gasteiger partial charge on any atom is 0.309 e. The summed E-state index contributed by atoms with van der Waals surface area (Å²) in [7, 11) is 0. The third kappa shape index (κ3) is 2.57. The number of carbonyl (C=O) groups excluding carboxylic acids is 1. The number of aliphatic hydroxyl groups excluding tert-OH is 2. The molecule has 4 rings (SSSR count). The number of hydrogen-bond acceptors (Lipinski definition) is 5. The Kier molecular flexibility index (Phi) is 4.41. The number of ether oxygens (including phenoxy) is 2. The van der Waals surface area contributed by atoms with Crippen LogP contribution >= 0.6 is 0 Å². The van der Waals surface area contributed by atoms with Gasteiger partial charge in [-0.2, -0.15) is 0 Å². The average Bonchev–Trinajstić information content (AvgIpc) is 3.19. The van der Waals surface area contributed by atoms with Crippen LogP contribution in [0.4, 0.5) is 0 Å². The minimum Gasteiger partial charge on any atom is -0.465 e. The largest absolute Gasteiger partial charge is 0.465 e. The highest BCUT2D eigenvalue weighted by atomic mass is 16.5. The van der Waals surface area contributed by atoms with Gasteiger partial charge in [-0.15, -0.1) is 0 Å². The zero-order chi connectivity index (χ0) is 17.8. The van der Waals surface area contributed by atoms with Crippen LogP contribution in [0.1, 0.15) is 52.4 Å². The van der Waals surface area contributed by atoms with E-state index in [4.69, 9.17) is 9.47 Å². The van der Waals surface area contributed by atoms with E-state index in [1.54, 1.807) is 0 Å². The summed E-state index contributed by atoms with van der Waals surface area (Å²) >= 11 is 0. The SMILES string of the molecule is C[C@@H]1[C@H](O)C[C@@]23COC(=O)[C@@H]2CC[C@H](O)[C@@H]3[C@@]1(C)CC[C@H]1CCOC1. The first kappa shape index (κ1) is 17.7. The smallest absolute Gasteiger partial charge is 0.309 e. The molecule has 0 aromatic heterocycles. The Hall–Kier alpha value is -0.650. The van der Waals surface area contributed by atoms with Crippen LogP contribution in [0.5, 0.6) is 0 Å². The molecule has 2 saturated heterocycles. The number of hydrogen-bond donors (Lipinski definition) is 2. The van der Waals surface area contributed by atoms with Gasteiger partial charge in [-0.3, -0.25) is 4.79 Å². The normalized spacial score (nSPS) is 52.6. The molecule has 0 radical (unpaired) electrons. The van der Waals surface area contributed by atoms with Crippen LogP contribution < -0.4 is 0 Å².